The van der Waals surface area contributed by atoms with E-state index in [9.17, 15) is 12.8 Å². The smallest absolute Gasteiger partial charge is 0.399 e. The molecule has 2 N–H and O–H groups in total. The topological polar surface area (TPSA) is 78.6 Å². The maximum absolute atomic E-state index is 14.0. The number of benzene rings is 1. The molecule has 0 amide bonds. The van der Waals surface area contributed by atoms with E-state index in [4.69, 9.17) is 15.0 Å². The molecule has 0 atom stereocenters. The number of hydrogen-bond acceptors (Lipinski definition) is 5. The van der Waals surface area contributed by atoms with E-state index in [-0.39, 0.29) is 21.6 Å². The van der Waals surface area contributed by atoms with Crippen LogP contribution in [-0.4, -0.2) is 33.0 Å². The first kappa shape index (κ1) is 17.2. The molecule has 1 fully saturated rings. The molecule has 1 aromatic carbocycles. The SMILES string of the molecule is Cc1c(F)c(N)cc(B2OC(C)(C)C(C)(C)O2)c1S(C)(=O)=O. The van der Waals surface area contributed by atoms with E-state index in [1.807, 2.05) is 27.7 Å². The van der Waals surface area contributed by atoms with E-state index in [1.54, 1.807) is 0 Å². The minimum atomic E-state index is -3.67. The third-order valence-electron chi connectivity index (χ3n) is 4.37. The van der Waals surface area contributed by atoms with Gasteiger partial charge in [-0.2, -0.15) is 0 Å². The lowest BCUT2D eigenvalue weighted by Gasteiger charge is -2.32. The van der Waals surface area contributed by atoms with Crippen LogP contribution in [0.1, 0.15) is 33.3 Å². The lowest BCUT2D eigenvalue weighted by atomic mass is 9.78. The van der Waals surface area contributed by atoms with E-state index in [2.05, 4.69) is 0 Å². The van der Waals surface area contributed by atoms with Crippen molar-refractivity contribution in [1.29, 1.82) is 0 Å². The lowest BCUT2D eigenvalue weighted by Crippen LogP contribution is -2.41. The maximum Gasteiger partial charge on any atom is 0.496 e. The summed E-state index contributed by atoms with van der Waals surface area (Å²) in [6.45, 7) is 8.80. The second-order valence-corrected chi connectivity index (χ2v) is 8.64. The van der Waals surface area contributed by atoms with Crippen molar-refractivity contribution in [2.24, 2.45) is 0 Å². The van der Waals surface area contributed by atoms with Gasteiger partial charge in [-0.15, -0.1) is 0 Å². The van der Waals surface area contributed by atoms with Crippen LogP contribution in [0.2, 0.25) is 0 Å². The third kappa shape index (κ3) is 2.63. The minimum absolute atomic E-state index is 0.0211. The average molecular weight is 329 g/mol. The molecule has 0 spiro atoms. The first-order valence-corrected chi connectivity index (χ1v) is 8.81. The maximum atomic E-state index is 14.0. The fourth-order valence-electron chi connectivity index (χ4n) is 2.47. The van der Waals surface area contributed by atoms with Crippen LogP contribution in [0.4, 0.5) is 10.1 Å². The van der Waals surface area contributed by atoms with E-state index < -0.39 is 34.0 Å². The normalized spacial score (nSPS) is 20.4. The molecule has 0 radical (unpaired) electrons. The number of anilines is 1. The van der Waals surface area contributed by atoms with Gasteiger partial charge < -0.3 is 15.0 Å². The number of rotatable bonds is 2. The number of nitrogens with two attached hydrogens (primary N) is 1. The molecule has 1 saturated heterocycles. The van der Waals surface area contributed by atoms with Gasteiger partial charge in [0.2, 0.25) is 0 Å². The summed E-state index contributed by atoms with van der Waals surface area (Å²) in [4.78, 5) is -0.127. The van der Waals surface area contributed by atoms with Crippen molar-refractivity contribution in [2.75, 3.05) is 12.0 Å². The zero-order chi connectivity index (χ0) is 17.1. The van der Waals surface area contributed by atoms with Crippen molar-refractivity contribution in [3.8, 4) is 0 Å². The van der Waals surface area contributed by atoms with Crippen LogP contribution in [0.25, 0.3) is 0 Å². The Morgan fingerprint density at radius 1 is 1.18 bits per heavy atom. The summed E-state index contributed by atoms with van der Waals surface area (Å²) in [5.41, 5.74) is 4.47. The van der Waals surface area contributed by atoms with Crippen LogP contribution in [0, 0.1) is 12.7 Å². The van der Waals surface area contributed by atoms with Crippen LogP contribution in [-0.2, 0) is 19.1 Å². The van der Waals surface area contributed by atoms with E-state index in [1.165, 1.54) is 13.0 Å². The van der Waals surface area contributed by atoms with Gasteiger partial charge in [0.1, 0.15) is 5.82 Å². The quantitative estimate of drug-likeness (QED) is 0.656. The summed E-state index contributed by atoms with van der Waals surface area (Å²) in [6.07, 6.45) is 1.03. The fourth-order valence-corrected chi connectivity index (χ4v) is 3.70. The first-order chi connectivity index (χ1) is 9.78. The standard InChI is InChI=1S/C14H21BFNO4S/c1-8-11(16)10(17)7-9(12(8)22(6,18)19)15-20-13(2,3)14(4,5)21-15/h7H,17H2,1-6H3. The summed E-state index contributed by atoms with van der Waals surface area (Å²) in [5.74, 6) is -0.735. The summed E-state index contributed by atoms with van der Waals surface area (Å²) in [6, 6.07) is 1.28. The van der Waals surface area contributed by atoms with Gasteiger partial charge in [0.25, 0.3) is 0 Å². The molecule has 0 saturated carbocycles. The molecule has 1 aliphatic rings. The summed E-state index contributed by atoms with van der Waals surface area (Å²) < 4.78 is 50.0. The minimum Gasteiger partial charge on any atom is -0.399 e. The Morgan fingerprint density at radius 2 is 1.64 bits per heavy atom. The fraction of sp³-hybridized carbons (Fsp3) is 0.571. The van der Waals surface area contributed by atoms with Crippen molar-refractivity contribution in [3.05, 3.63) is 17.4 Å². The largest absolute Gasteiger partial charge is 0.496 e. The number of hydrogen-bond donors (Lipinski definition) is 1. The highest BCUT2D eigenvalue weighted by molar-refractivity contribution is 7.91. The molecule has 8 heteroatoms. The summed E-state index contributed by atoms with van der Waals surface area (Å²) in [5, 5.41) is 0. The van der Waals surface area contributed by atoms with Gasteiger partial charge in [0.05, 0.1) is 21.8 Å². The monoisotopic (exact) mass is 329 g/mol. The molecule has 0 unspecified atom stereocenters. The van der Waals surface area contributed by atoms with Gasteiger partial charge in [0, 0.05) is 17.3 Å². The molecule has 0 aromatic heterocycles. The molecule has 1 aliphatic heterocycles. The molecule has 1 heterocycles. The first-order valence-electron chi connectivity index (χ1n) is 6.92. The van der Waals surface area contributed by atoms with Crippen LogP contribution < -0.4 is 11.2 Å². The van der Waals surface area contributed by atoms with E-state index in [0.29, 0.717) is 0 Å². The molecule has 1 aromatic rings. The number of sulfone groups is 1. The van der Waals surface area contributed by atoms with Crippen molar-refractivity contribution in [1.82, 2.24) is 0 Å². The highest BCUT2D eigenvalue weighted by atomic mass is 32.2. The Balaban J connectivity index is 2.68. The van der Waals surface area contributed by atoms with Crippen molar-refractivity contribution in [2.45, 2.75) is 50.7 Å². The molecular weight excluding hydrogens is 308 g/mol. The molecule has 22 heavy (non-hydrogen) atoms. The molecule has 2 rings (SSSR count). The predicted octanol–water partition coefficient (Wildman–Crippen LogP) is 1.42. The Bertz CT molecular complexity index is 715. The number of halogens is 1. The molecule has 5 nitrogen and oxygen atoms in total. The van der Waals surface area contributed by atoms with Crippen molar-refractivity contribution >= 4 is 28.1 Å². The number of nitrogen functional groups attached to an aromatic ring is 1. The predicted molar refractivity (Wildman–Crippen MR) is 84.4 cm³/mol. The van der Waals surface area contributed by atoms with Crippen LogP contribution in [0.3, 0.4) is 0 Å². The van der Waals surface area contributed by atoms with Crippen LogP contribution in [0.5, 0.6) is 0 Å². The molecule has 0 aliphatic carbocycles. The average Bonchev–Trinajstić information content (AvgIpc) is 2.53. The van der Waals surface area contributed by atoms with E-state index >= 15 is 0 Å². The van der Waals surface area contributed by atoms with Crippen LogP contribution >= 0.6 is 0 Å². The Hall–Kier alpha value is -1.12. The Kier molecular flexibility index (Phi) is 3.87. The van der Waals surface area contributed by atoms with Gasteiger partial charge in [-0.3, -0.25) is 0 Å². The highest BCUT2D eigenvalue weighted by Crippen LogP contribution is 2.37. The van der Waals surface area contributed by atoms with Crippen molar-refractivity contribution < 1.29 is 22.1 Å². The highest BCUT2D eigenvalue weighted by Gasteiger charge is 2.53. The summed E-state index contributed by atoms with van der Waals surface area (Å²) >= 11 is 0. The van der Waals surface area contributed by atoms with Gasteiger partial charge in [-0.05, 0) is 40.7 Å². The van der Waals surface area contributed by atoms with Gasteiger partial charge in [0.15, 0.2) is 9.84 Å². The Morgan fingerprint density at radius 3 is 2.05 bits per heavy atom. The lowest BCUT2D eigenvalue weighted by molar-refractivity contribution is 0.00578. The van der Waals surface area contributed by atoms with Gasteiger partial charge >= 0.3 is 7.12 Å². The Labute approximate surface area is 131 Å². The second kappa shape index (κ2) is 4.94. The molecule has 0 bridgehead atoms. The van der Waals surface area contributed by atoms with Gasteiger partial charge in [-0.1, -0.05) is 0 Å². The zero-order valence-corrected chi connectivity index (χ0v) is 14.5. The van der Waals surface area contributed by atoms with Crippen LogP contribution in [0.15, 0.2) is 11.0 Å². The summed E-state index contributed by atoms with van der Waals surface area (Å²) in [7, 11) is -4.59. The molecule has 122 valence electrons. The molecular formula is C14H21BFNO4S. The second-order valence-electron chi connectivity index (χ2n) is 6.68. The van der Waals surface area contributed by atoms with E-state index in [0.717, 1.165) is 6.26 Å². The van der Waals surface area contributed by atoms with Crippen molar-refractivity contribution in [3.63, 3.8) is 0 Å². The zero-order valence-electron chi connectivity index (χ0n) is 13.7. The third-order valence-corrected chi connectivity index (χ3v) is 5.66. The van der Waals surface area contributed by atoms with Gasteiger partial charge in [-0.25, -0.2) is 12.8 Å².